The van der Waals surface area contributed by atoms with Crippen LogP contribution in [0.3, 0.4) is 0 Å². The first-order valence-corrected chi connectivity index (χ1v) is 8.73. The van der Waals surface area contributed by atoms with E-state index < -0.39 is 0 Å². The van der Waals surface area contributed by atoms with Crippen molar-refractivity contribution in [1.29, 1.82) is 0 Å². The van der Waals surface area contributed by atoms with Gasteiger partial charge < -0.3 is 10.1 Å². The number of aryl methyl sites for hydroxylation is 2. The molecule has 0 bridgehead atoms. The molecule has 1 aliphatic carbocycles. The molecule has 0 aromatic heterocycles. The van der Waals surface area contributed by atoms with Crippen LogP contribution in [0.25, 0.3) is 5.70 Å². The van der Waals surface area contributed by atoms with Crippen LogP contribution in [0.5, 0.6) is 0 Å². The lowest BCUT2D eigenvalue weighted by molar-refractivity contribution is -0.137. The van der Waals surface area contributed by atoms with Gasteiger partial charge in [0.1, 0.15) is 0 Å². The fourth-order valence-corrected chi connectivity index (χ4v) is 4.37. The molecule has 3 heteroatoms. The highest BCUT2D eigenvalue weighted by molar-refractivity contribution is 5.93. The monoisotopic (exact) mass is 313 g/mol. The Kier molecular flexibility index (Phi) is 4.22. The van der Waals surface area contributed by atoms with Crippen molar-refractivity contribution < 1.29 is 9.53 Å². The van der Waals surface area contributed by atoms with Crippen LogP contribution < -0.4 is 5.32 Å². The molecule has 0 spiro atoms. The molecule has 1 heterocycles. The molecule has 0 amide bonds. The normalized spacial score (nSPS) is 27.8. The van der Waals surface area contributed by atoms with Crippen LogP contribution in [-0.4, -0.2) is 18.1 Å². The van der Waals surface area contributed by atoms with Gasteiger partial charge in [0.05, 0.1) is 6.61 Å². The van der Waals surface area contributed by atoms with Crippen LogP contribution >= 0.6 is 0 Å². The fourth-order valence-electron chi connectivity index (χ4n) is 4.37. The molecule has 124 valence electrons. The second kappa shape index (κ2) is 6.03. The number of benzene rings is 1. The van der Waals surface area contributed by atoms with Crippen molar-refractivity contribution in [3.05, 3.63) is 40.5 Å². The second-order valence-electron chi connectivity index (χ2n) is 7.14. The van der Waals surface area contributed by atoms with Gasteiger partial charge in [-0.15, -0.1) is 0 Å². The molecule has 1 aliphatic heterocycles. The van der Waals surface area contributed by atoms with E-state index in [-0.39, 0.29) is 11.5 Å². The smallest absolute Gasteiger partial charge is 0.332 e. The Morgan fingerprint density at radius 3 is 2.83 bits per heavy atom. The van der Waals surface area contributed by atoms with Crippen LogP contribution in [0.15, 0.2) is 18.2 Å². The molecule has 1 fully saturated rings. The van der Waals surface area contributed by atoms with E-state index in [0.717, 1.165) is 12.1 Å². The molecule has 3 rings (SSSR count). The summed E-state index contributed by atoms with van der Waals surface area (Å²) in [5.41, 5.74) is 6.16. The topological polar surface area (TPSA) is 38.3 Å². The van der Waals surface area contributed by atoms with E-state index in [4.69, 9.17) is 4.74 Å². The second-order valence-corrected chi connectivity index (χ2v) is 7.14. The van der Waals surface area contributed by atoms with Crippen molar-refractivity contribution in [2.45, 2.75) is 64.8 Å². The van der Waals surface area contributed by atoms with Gasteiger partial charge in [0.15, 0.2) is 0 Å². The molecule has 0 unspecified atom stereocenters. The van der Waals surface area contributed by atoms with Gasteiger partial charge in [0, 0.05) is 28.8 Å². The summed E-state index contributed by atoms with van der Waals surface area (Å²) in [5, 5.41) is 3.71. The first-order chi connectivity index (χ1) is 11.0. The molecule has 2 aliphatic rings. The molecule has 3 nitrogen and oxygen atoms in total. The van der Waals surface area contributed by atoms with Crippen LogP contribution in [0.2, 0.25) is 0 Å². The van der Waals surface area contributed by atoms with Crippen LogP contribution in [0, 0.1) is 13.8 Å². The zero-order valence-electron chi connectivity index (χ0n) is 14.7. The summed E-state index contributed by atoms with van der Waals surface area (Å²) in [6.45, 7) is 8.88. The first-order valence-electron chi connectivity index (χ1n) is 8.73. The van der Waals surface area contributed by atoms with Gasteiger partial charge in [0.2, 0.25) is 0 Å². The summed E-state index contributed by atoms with van der Waals surface area (Å²) in [6.07, 6.45) is 6.53. The lowest BCUT2D eigenvalue weighted by atomic mass is 9.65. The van der Waals surface area contributed by atoms with E-state index >= 15 is 0 Å². The number of hydrogen-bond donors (Lipinski definition) is 1. The minimum atomic E-state index is -0.264. The van der Waals surface area contributed by atoms with Crippen molar-refractivity contribution >= 4 is 11.7 Å². The highest BCUT2D eigenvalue weighted by atomic mass is 16.5. The summed E-state index contributed by atoms with van der Waals surface area (Å²) < 4.78 is 5.14. The number of carbonyl (C=O) groups excluding carboxylic acids is 1. The largest absolute Gasteiger partial charge is 0.463 e. The van der Waals surface area contributed by atoms with Crippen LogP contribution in [0.4, 0.5) is 0 Å². The molecule has 2 atom stereocenters. The van der Waals surface area contributed by atoms with Gasteiger partial charge in [-0.05, 0) is 57.2 Å². The average molecular weight is 313 g/mol. The van der Waals surface area contributed by atoms with Crippen molar-refractivity contribution in [3.8, 4) is 0 Å². The lowest BCUT2D eigenvalue weighted by Gasteiger charge is -2.49. The Morgan fingerprint density at radius 1 is 1.35 bits per heavy atom. The zero-order chi connectivity index (χ0) is 16.6. The predicted octanol–water partition coefficient (Wildman–Crippen LogP) is 4.23. The zero-order valence-corrected chi connectivity index (χ0v) is 14.7. The van der Waals surface area contributed by atoms with Gasteiger partial charge in [-0.3, -0.25) is 0 Å². The maximum absolute atomic E-state index is 12.0. The van der Waals surface area contributed by atoms with E-state index in [9.17, 15) is 4.79 Å². The van der Waals surface area contributed by atoms with E-state index in [1.807, 2.05) is 6.92 Å². The summed E-state index contributed by atoms with van der Waals surface area (Å²) >= 11 is 0. The third-order valence-corrected chi connectivity index (χ3v) is 5.47. The summed E-state index contributed by atoms with van der Waals surface area (Å²) in [5.74, 6) is 0.255. The average Bonchev–Trinajstić information content (AvgIpc) is 2.49. The Hall–Kier alpha value is -1.77. The first kappa shape index (κ1) is 16.1. The lowest BCUT2D eigenvalue weighted by Crippen LogP contribution is -2.52. The SMILES string of the molecule is CCOC(=O)/C=C1\N[C@@]2(C)CCCC[C@H]2c2c(C)ccc(C)c21. The van der Waals surface area contributed by atoms with Gasteiger partial charge in [-0.1, -0.05) is 25.0 Å². The molecule has 1 aromatic carbocycles. The predicted molar refractivity (Wildman–Crippen MR) is 93.3 cm³/mol. The quantitative estimate of drug-likeness (QED) is 0.656. The number of ether oxygens (including phenoxy) is 1. The van der Waals surface area contributed by atoms with Crippen molar-refractivity contribution in [2.24, 2.45) is 0 Å². The highest BCUT2D eigenvalue weighted by Crippen LogP contribution is 2.49. The minimum Gasteiger partial charge on any atom is -0.463 e. The standard InChI is InChI=1S/C20H27NO2/c1-5-23-17(22)12-16-19-14(3)10-9-13(2)18(19)15-8-6-7-11-20(15,4)21-16/h9-10,12,15,21H,5-8,11H2,1-4H3/b16-12-/t15-,20-/m0/s1. The Morgan fingerprint density at radius 2 is 2.09 bits per heavy atom. The van der Waals surface area contributed by atoms with Gasteiger partial charge in [-0.25, -0.2) is 4.79 Å². The van der Waals surface area contributed by atoms with Crippen LogP contribution in [0.1, 0.15) is 67.7 Å². The van der Waals surface area contributed by atoms with Crippen molar-refractivity contribution in [1.82, 2.24) is 5.32 Å². The maximum atomic E-state index is 12.0. The van der Waals surface area contributed by atoms with Gasteiger partial charge in [-0.2, -0.15) is 0 Å². The molecule has 0 saturated heterocycles. The Balaban J connectivity index is 2.17. The van der Waals surface area contributed by atoms with Crippen molar-refractivity contribution in [3.63, 3.8) is 0 Å². The molecule has 0 radical (unpaired) electrons. The number of nitrogens with one attached hydrogen (secondary N) is 1. The number of fused-ring (bicyclic) bond motifs is 3. The van der Waals surface area contributed by atoms with Gasteiger partial charge >= 0.3 is 5.97 Å². The molecule has 1 aromatic rings. The van der Waals surface area contributed by atoms with E-state index in [1.54, 1.807) is 6.08 Å². The molecule has 23 heavy (non-hydrogen) atoms. The summed E-state index contributed by atoms with van der Waals surface area (Å²) in [7, 11) is 0. The Bertz CT molecular complexity index is 662. The van der Waals surface area contributed by atoms with E-state index in [0.29, 0.717) is 12.5 Å². The molecule has 1 N–H and O–H groups in total. The van der Waals surface area contributed by atoms with Crippen molar-refractivity contribution in [2.75, 3.05) is 6.61 Å². The molecule has 1 saturated carbocycles. The third-order valence-electron chi connectivity index (χ3n) is 5.47. The Labute approximate surface area is 139 Å². The third kappa shape index (κ3) is 2.77. The minimum absolute atomic E-state index is 0.0299. The highest BCUT2D eigenvalue weighted by Gasteiger charge is 2.43. The molecular formula is C20H27NO2. The fraction of sp³-hybridized carbons (Fsp3) is 0.550. The van der Waals surface area contributed by atoms with Crippen LogP contribution in [-0.2, 0) is 9.53 Å². The van der Waals surface area contributed by atoms with Gasteiger partial charge in [0.25, 0.3) is 0 Å². The number of carbonyl (C=O) groups is 1. The van der Waals surface area contributed by atoms with E-state index in [1.165, 1.54) is 41.5 Å². The number of rotatable bonds is 2. The molecular weight excluding hydrogens is 286 g/mol. The number of hydrogen-bond acceptors (Lipinski definition) is 3. The maximum Gasteiger partial charge on any atom is 0.332 e. The summed E-state index contributed by atoms with van der Waals surface area (Å²) in [6, 6.07) is 4.37. The number of esters is 1. The van der Waals surface area contributed by atoms with E-state index in [2.05, 4.69) is 38.2 Å². The summed E-state index contributed by atoms with van der Waals surface area (Å²) in [4.78, 5) is 12.0.